The number of carbonyl (C=O) groups is 1. The molecule has 26 heavy (non-hydrogen) atoms. The molecular weight excluding hydrogens is 324 g/mol. The maximum atomic E-state index is 12.1. The van der Waals surface area contributed by atoms with E-state index in [0.717, 1.165) is 44.1 Å². The fraction of sp³-hybridized carbons (Fsp3) is 0.476. The van der Waals surface area contributed by atoms with E-state index in [0.29, 0.717) is 5.69 Å². The lowest BCUT2D eigenvalue weighted by Crippen LogP contribution is -2.41. The number of nitrogens with zero attached hydrogens (tertiary/aromatic N) is 3. The van der Waals surface area contributed by atoms with Gasteiger partial charge in [-0.15, -0.1) is 10.2 Å². The second-order valence-electron chi connectivity index (χ2n) is 8.10. The molecule has 0 unspecified atom stereocenters. The van der Waals surface area contributed by atoms with Crippen molar-refractivity contribution in [2.45, 2.75) is 45.6 Å². The van der Waals surface area contributed by atoms with Crippen LogP contribution in [0.15, 0.2) is 42.5 Å². The third-order valence-corrected chi connectivity index (χ3v) is 4.68. The number of nitrogens with one attached hydrogen (secondary N) is 1. The monoisotopic (exact) mass is 352 g/mol. The molecule has 5 heteroatoms. The first-order chi connectivity index (χ1) is 12.4. The molecule has 0 radical (unpaired) electrons. The quantitative estimate of drug-likeness (QED) is 0.915. The highest BCUT2D eigenvalue weighted by Crippen LogP contribution is 2.24. The van der Waals surface area contributed by atoms with Gasteiger partial charge >= 0.3 is 0 Å². The van der Waals surface area contributed by atoms with E-state index in [-0.39, 0.29) is 11.4 Å². The van der Waals surface area contributed by atoms with Crippen molar-refractivity contribution in [3.8, 4) is 0 Å². The zero-order chi connectivity index (χ0) is 18.6. The Labute approximate surface area is 155 Å². The fourth-order valence-electron chi connectivity index (χ4n) is 3.33. The van der Waals surface area contributed by atoms with Gasteiger partial charge in [-0.1, -0.05) is 30.3 Å². The van der Waals surface area contributed by atoms with Crippen LogP contribution in [0.3, 0.4) is 0 Å². The molecule has 3 rings (SSSR count). The summed E-state index contributed by atoms with van der Waals surface area (Å²) in [5.41, 5.74) is 1.50. The smallest absolute Gasteiger partial charge is 0.272 e. The highest BCUT2D eigenvalue weighted by molar-refractivity contribution is 5.92. The van der Waals surface area contributed by atoms with E-state index in [1.165, 1.54) is 5.56 Å². The number of aromatic nitrogens is 2. The van der Waals surface area contributed by atoms with Gasteiger partial charge in [0.2, 0.25) is 0 Å². The van der Waals surface area contributed by atoms with Crippen LogP contribution in [-0.4, -0.2) is 34.7 Å². The molecule has 2 heterocycles. The molecule has 0 aliphatic carbocycles. The molecule has 1 aliphatic heterocycles. The van der Waals surface area contributed by atoms with Gasteiger partial charge in [-0.3, -0.25) is 4.79 Å². The molecule has 1 amide bonds. The van der Waals surface area contributed by atoms with Crippen molar-refractivity contribution in [1.29, 1.82) is 0 Å². The molecule has 2 aromatic rings. The van der Waals surface area contributed by atoms with Gasteiger partial charge in [0.05, 0.1) is 0 Å². The van der Waals surface area contributed by atoms with Gasteiger partial charge in [-0.25, -0.2) is 0 Å². The summed E-state index contributed by atoms with van der Waals surface area (Å²) in [5, 5.41) is 11.3. The first-order valence-electron chi connectivity index (χ1n) is 9.36. The SMILES string of the molecule is CC(C)(C)NC(=O)c1ccc(N2CCC(Cc3ccccc3)CC2)nn1. The van der Waals surface area contributed by atoms with Gasteiger partial charge in [0, 0.05) is 18.6 Å². The molecule has 0 bridgehead atoms. The summed E-state index contributed by atoms with van der Waals surface area (Å²) in [6, 6.07) is 14.4. The van der Waals surface area contributed by atoms with Crippen molar-refractivity contribution in [1.82, 2.24) is 15.5 Å². The summed E-state index contributed by atoms with van der Waals surface area (Å²) in [5.74, 6) is 1.40. The maximum Gasteiger partial charge on any atom is 0.272 e. The van der Waals surface area contributed by atoms with Crippen LogP contribution in [0.25, 0.3) is 0 Å². The maximum absolute atomic E-state index is 12.1. The molecular formula is C21H28N4O. The lowest BCUT2D eigenvalue weighted by molar-refractivity contribution is 0.0913. The lowest BCUT2D eigenvalue weighted by atomic mass is 9.90. The molecule has 1 aromatic carbocycles. The van der Waals surface area contributed by atoms with Gasteiger partial charge in [-0.2, -0.15) is 0 Å². The number of amides is 1. The van der Waals surface area contributed by atoms with E-state index in [1.54, 1.807) is 6.07 Å². The Balaban J connectivity index is 1.54. The molecule has 1 aromatic heterocycles. The topological polar surface area (TPSA) is 58.1 Å². The Hall–Kier alpha value is -2.43. The molecule has 1 N–H and O–H groups in total. The molecule has 0 atom stereocenters. The van der Waals surface area contributed by atoms with E-state index in [4.69, 9.17) is 0 Å². The highest BCUT2D eigenvalue weighted by atomic mass is 16.2. The second-order valence-corrected chi connectivity index (χ2v) is 8.10. The Kier molecular flexibility index (Phi) is 5.55. The molecule has 5 nitrogen and oxygen atoms in total. The van der Waals surface area contributed by atoms with E-state index in [1.807, 2.05) is 26.8 Å². The first kappa shape index (κ1) is 18.4. The molecule has 1 fully saturated rings. The van der Waals surface area contributed by atoms with Crippen LogP contribution in [0.1, 0.15) is 49.7 Å². The molecule has 1 saturated heterocycles. The summed E-state index contributed by atoms with van der Waals surface area (Å²) < 4.78 is 0. The van der Waals surface area contributed by atoms with Gasteiger partial charge in [0.15, 0.2) is 11.5 Å². The van der Waals surface area contributed by atoms with Crippen molar-refractivity contribution >= 4 is 11.7 Å². The minimum Gasteiger partial charge on any atom is -0.355 e. The second kappa shape index (κ2) is 7.85. The molecule has 1 aliphatic rings. The standard InChI is InChI=1S/C21H28N4O/c1-21(2,3)22-20(26)18-9-10-19(24-23-18)25-13-11-17(12-14-25)15-16-7-5-4-6-8-16/h4-10,17H,11-15H2,1-3H3,(H,22,26). The third kappa shape index (κ3) is 5.04. The van der Waals surface area contributed by atoms with Gasteiger partial charge < -0.3 is 10.2 Å². The summed E-state index contributed by atoms with van der Waals surface area (Å²) >= 11 is 0. The Morgan fingerprint density at radius 3 is 2.35 bits per heavy atom. The van der Waals surface area contributed by atoms with Gasteiger partial charge in [0.1, 0.15) is 0 Å². The number of hydrogen-bond donors (Lipinski definition) is 1. The van der Waals surface area contributed by atoms with Crippen LogP contribution >= 0.6 is 0 Å². The Morgan fingerprint density at radius 1 is 1.08 bits per heavy atom. The van der Waals surface area contributed by atoms with E-state index in [9.17, 15) is 4.79 Å². The average Bonchev–Trinajstić information content (AvgIpc) is 2.62. The molecule has 138 valence electrons. The minimum atomic E-state index is -0.280. The van der Waals surface area contributed by atoms with Crippen LogP contribution < -0.4 is 10.2 Å². The van der Waals surface area contributed by atoms with Crippen molar-refractivity contribution in [3.05, 3.63) is 53.7 Å². The molecule has 0 saturated carbocycles. The summed E-state index contributed by atoms with van der Waals surface area (Å²) in [6.07, 6.45) is 3.46. The largest absolute Gasteiger partial charge is 0.355 e. The molecule has 0 spiro atoms. The number of carbonyl (C=O) groups excluding carboxylic acids is 1. The first-order valence-corrected chi connectivity index (χ1v) is 9.36. The van der Waals surface area contributed by atoms with Crippen molar-refractivity contribution in [3.63, 3.8) is 0 Å². The number of hydrogen-bond acceptors (Lipinski definition) is 4. The number of benzene rings is 1. The van der Waals surface area contributed by atoms with Crippen LogP contribution in [0, 0.1) is 5.92 Å². The predicted molar refractivity (Wildman–Crippen MR) is 104 cm³/mol. The van der Waals surface area contributed by atoms with Crippen molar-refractivity contribution in [2.75, 3.05) is 18.0 Å². The van der Waals surface area contributed by atoms with Crippen molar-refractivity contribution < 1.29 is 4.79 Å². The Morgan fingerprint density at radius 2 is 1.77 bits per heavy atom. The van der Waals surface area contributed by atoms with Crippen LogP contribution in [-0.2, 0) is 6.42 Å². The zero-order valence-electron chi connectivity index (χ0n) is 15.9. The normalized spacial score (nSPS) is 15.7. The zero-order valence-corrected chi connectivity index (χ0v) is 15.9. The van der Waals surface area contributed by atoms with E-state index in [2.05, 4.69) is 50.7 Å². The van der Waals surface area contributed by atoms with E-state index < -0.39 is 0 Å². The Bertz CT molecular complexity index is 714. The number of anilines is 1. The van der Waals surface area contributed by atoms with Crippen LogP contribution in [0.5, 0.6) is 0 Å². The van der Waals surface area contributed by atoms with Crippen LogP contribution in [0.2, 0.25) is 0 Å². The van der Waals surface area contributed by atoms with Crippen LogP contribution in [0.4, 0.5) is 5.82 Å². The fourth-order valence-corrected chi connectivity index (χ4v) is 3.33. The van der Waals surface area contributed by atoms with E-state index >= 15 is 0 Å². The summed E-state index contributed by atoms with van der Waals surface area (Å²) in [4.78, 5) is 14.4. The van der Waals surface area contributed by atoms with Crippen molar-refractivity contribution in [2.24, 2.45) is 5.92 Å². The highest BCUT2D eigenvalue weighted by Gasteiger charge is 2.22. The summed E-state index contributed by atoms with van der Waals surface area (Å²) in [6.45, 7) is 7.82. The minimum absolute atomic E-state index is 0.182. The van der Waals surface area contributed by atoms with Gasteiger partial charge in [0.25, 0.3) is 5.91 Å². The third-order valence-electron chi connectivity index (χ3n) is 4.68. The summed E-state index contributed by atoms with van der Waals surface area (Å²) in [7, 11) is 0. The number of piperidine rings is 1. The number of rotatable bonds is 4. The average molecular weight is 352 g/mol. The lowest BCUT2D eigenvalue weighted by Gasteiger charge is -2.32. The van der Waals surface area contributed by atoms with Gasteiger partial charge in [-0.05, 0) is 63.6 Å². The predicted octanol–water partition coefficient (Wildman–Crippen LogP) is 3.46.